The van der Waals surface area contributed by atoms with E-state index in [1.807, 2.05) is 6.92 Å². The Bertz CT molecular complexity index is 342. The Morgan fingerprint density at radius 3 is 2.53 bits per heavy atom. The van der Waals surface area contributed by atoms with E-state index in [1.54, 1.807) is 0 Å². The number of rotatable bonds is 8. The van der Waals surface area contributed by atoms with Crippen LogP contribution in [0.5, 0.6) is 0 Å². The van der Waals surface area contributed by atoms with Gasteiger partial charge in [-0.1, -0.05) is 6.42 Å². The lowest BCUT2D eigenvalue weighted by Crippen LogP contribution is -2.48. The Morgan fingerprint density at radius 2 is 1.95 bits per heavy atom. The van der Waals surface area contributed by atoms with E-state index < -0.39 is 10.2 Å². The lowest BCUT2D eigenvalue weighted by molar-refractivity contribution is 0.214. The van der Waals surface area contributed by atoms with Crippen molar-refractivity contribution in [3.63, 3.8) is 0 Å². The van der Waals surface area contributed by atoms with Crippen LogP contribution in [-0.4, -0.2) is 68.6 Å². The maximum absolute atomic E-state index is 12.0. The van der Waals surface area contributed by atoms with Crippen molar-refractivity contribution in [3.05, 3.63) is 0 Å². The Hall–Kier alpha value is -0.210. The smallest absolute Gasteiger partial charge is 0.279 e. The zero-order valence-electron chi connectivity index (χ0n) is 12.0. The van der Waals surface area contributed by atoms with Gasteiger partial charge in [-0.05, 0) is 39.3 Å². The first kappa shape index (κ1) is 16.8. The molecule has 0 aromatic carbocycles. The number of nitrogens with one attached hydrogen (secondary N) is 1. The van der Waals surface area contributed by atoms with E-state index in [-0.39, 0.29) is 12.6 Å². The van der Waals surface area contributed by atoms with E-state index in [9.17, 15) is 8.42 Å². The number of aliphatic hydroxyl groups is 1. The summed E-state index contributed by atoms with van der Waals surface area (Å²) in [5.41, 5.74) is 0. The molecule has 1 rings (SSSR count). The van der Waals surface area contributed by atoms with Gasteiger partial charge in [-0.15, -0.1) is 0 Å². The maximum Gasteiger partial charge on any atom is 0.279 e. The van der Waals surface area contributed by atoms with Crippen molar-refractivity contribution < 1.29 is 13.5 Å². The van der Waals surface area contributed by atoms with Crippen molar-refractivity contribution in [2.24, 2.45) is 0 Å². The summed E-state index contributed by atoms with van der Waals surface area (Å²) in [5.74, 6) is 0. The second kappa shape index (κ2) is 8.16. The molecule has 1 saturated heterocycles. The first-order valence-electron chi connectivity index (χ1n) is 7.02. The fourth-order valence-corrected chi connectivity index (χ4v) is 3.46. The molecule has 0 radical (unpaired) electrons. The Labute approximate surface area is 117 Å². The van der Waals surface area contributed by atoms with Gasteiger partial charge in [0.15, 0.2) is 0 Å². The number of piperidine rings is 1. The second-order valence-electron chi connectivity index (χ2n) is 5.28. The molecule has 6 nitrogen and oxygen atoms in total. The van der Waals surface area contributed by atoms with Crippen LogP contribution in [0.25, 0.3) is 0 Å². The predicted molar refractivity (Wildman–Crippen MR) is 76.1 cm³/mol. The zero-order valence-corrected chi connectivity index (χ0v) is 12.8. The third-order valence-corrected chi connectivity index (χ3v) is 5.08. The zero-order chi connectivity index (χ0) is 14.3. The van der Waals surface area contributed by atoms with Gasteiger partial charge in [0.25, 0.3) is 10.2 Å². The third kappa shape index (κ3) is 6.18. The van der Waals surface area contributed by atoms with Gasteiger partial charge >= 0.3 is 0 Å². The molecule has 19 heavy (non-hydrogen) atoms. The number of likely N-dealkylation sites (tertiary alicyclic amines) is 1. The molecule has 0 spiro atoms. The lowest BCUT2D eigenvalue weighted by Gasteiger charge is -2.30. The summed E-state index contributed by atoms with van der Waals surface area (Å²) in [6, 6.07) is -0.0975. The Kier molecular flexibility index (Phi) is 7.23. The average Bonchev–Trinajstić information content (AvgIpc) is 2.36. The van der Waals surface area contributed by atoms with Gasteiger partial charge in [-0.25, -0.2) is 0 Å². The molecule has 0 amide bonds. The van der Waals surface area contributed by atoms with Gasteiger partial charge in [0, 0.05) is 32.8 Å². The molecule has 1 unspecified atom stereocenters. The van der Waals surface area contributed by atoms with Crippen LogP contribution in [0.1, 0.15) is 32.6 Å². The molecule has 1 aliphatic heterocycles. The number of hydrogen-bond acceptors (Lipinski definition) is 4. The molecule has 1 heterocycles. The lowest BCUT2D eigenvalue weighted by atomic mass is 10.1. The van der Waals surface area contributed by atoms with Gasteiger partial charge < -0.3 is 10.0 Å². The number of nitrogens with zero attached hydrogens (tertiary/aromatic N) is 2. The van der Waals surface area contributed by atoms with E-state index in [2.05, 4.69) is 9.62 Å². The van der Waals surface area contributed by atoms with Gasteiger partial charge in [-0.3, -0.25) is 0 Å². The highest BCUT2D eigenvalue weighted by Crippen LogP contribution is 2.09. The quantitative estimate of drug-likeness (QED) is 0.661. The summed E-state index contributed by atoms with van der Waals surface area (Å²) >= 11 is 0. The number of hydrogen-bond donors (Lipinski definition) is 2. The molecule has 0 aliphatic carbocycles. The molecule has 2 N–H and O–H groups in total. The molecule has 7 heteroatoms. The Morgan fingerprint density at radius 1 is 1.32 bits per heavy atom. The topological polar surface area (TPSA) is 72.9 Å². The second-order valence-corrected chi connectivity index (χ2v) is 7.09. The summed E-state index contributed by atoms with van der Waals surface area (Å²) in [6.45, 7) is 5.11. The Balaban J connectivity index is 2.38. The molecule has 0 saturated carbocycles. The van der Waals surface area contributed by atoms with Crippen molar-refractivity contribution >= 4 is 10.2 Å². The number of aliphatic hydroxyl groups excluding tert-OH is 1. The molecular weight excluding hydrogens is 266 g/mol. The van der Waals surface area contributed by atoms with Crippen molar-refractivity contribution in [2.75, 3.05) is 39.8 Å². The molecule has 1 atom stereocenters. The summed E-state index contributed by atoms with van der Waals surface area (Å²) < 4.78 is 28.0. The first-order chi connectivity index (χ1) is 8.95. The fourth-order valence-electron chi connectivity index (χ4n) is 2.32. The summed E-state index contributed by atoms with van der Waals surface area (Å²) in [6.07, 6.45) is 4.14. The molecule has 114 valence electrons. The van der Waals surface area contributed by atoms with Gasteiger partial charge in [0.2, 0.25) is 0 Å². The minimum atomic E-state index is -3.44. The summed E-state index contributed by atoms with van der Waals surface area (Å²) in [5, 5.41) is 8.73. The molecule has 1 fully saturated rings. The third-order valence-electron chi connectivity index (χ3n) is 3.37. The summed E-state index contributed by atoms with van der Waals surface area (Å²) in [4.78, 5) is 2.31. The maximum atomic E-state index is 12.0. The minimum absolute atomic E-state index is 0.00317. The highest BCUT2D eigenvalue weighted by molar-refractivity contribution is 7.87. The van der Waals surface area contributed by atoms with Gasteiger partial charge in [0.05, 0.1) is 0 Å². The molecule has 1 aliphatic rings. The highest BCUT2D eigenvalue weighted by Gasteiger charge is 2.21. The van der Waals surface area contributed by atoms with Crippen molar-refractivity contribution in [1.82, 2.24) is 13.9 Å². The SMILES string of the molecule is CC(CN1CCCCC1)NS(=O)(=O)N(C)CCCO. The van der Waals surface area contributed by atoms with E-state index in [1.165, 1.54) is 30.6 Å². The first-order valence-corrected chi connectivity index (χ1v) is 8.46. The highest BCUT2D eigenvalue weighted by atomic mass is 32.2. The van der Waals surface area contributed by atoms with E-state index in [0.717, 1.165) is 19.6 Å². The van der Waals surface area contributed by atoms with Crippen LogP contribution in [0.4, 0.5) is 0 Å². The largest absolute Gasteiger partial charge is 0.396 e. The van der Waals surface area contributed by atoms with Crippen LogP contribution in [0.2, 0.25) is 0 Å². The standard InChI is InChI=1S/C12H27N3O3S/c1-12(11-15-8-4-3-5-9-15)13-19(17,18)14(2)7-6-10-16/h12-13,16H,3-11H2,1-2H3. The van der Waals surface area contributed by atoms with Crippen LogP contribution in [0.15, 0.2) is 0 Å². The van der Waals surface area contributed by atoms with Crippen molar-refractivity contribution in [2.45, 2.75) is 38.6 Å². The molecule has 0 aromatic heterocycles. The van der Waals surface area contributed by atoms with Crippen molar-refractivity contribution in [3.8, 4) is 0 Å². The van der Waals surface area contributed by atoms with Crippen LogP contribution in [0, 0.1) is 0 Å². The minimum Gasteiger partial charge on any atom is -0.396 e. The predicted octanol–water partition coefficient (Wildman–Crippen LogP) is 0.00940. The normalized spacial score (nSPS) is 19.8. The van der Waals surface area contributed by atoms with Crippen molar-refractivity contribution in [1.29, 1.82) is 0 Å². The van der Waals surface area contributed by atoms with E-state index in [0.29, 0.717) is 13.0 Å². The van der Waals surface area contributed by atoms with Crippen LogP contribution >= 0.6 is 0 Å². The molecular formula is C12H27N3O3S. The van der Waals surface area contributed by atoms with Crippen LogP contribution in [0.3, 0.4) is 0 Å². The molecule has 0 bridgehead atoms. The van der Waals surface area contributed by atoms with Gasteiger partial charge in [-0.2, -0.15) is 17.4 Å². The van der Waals surface area contributed by atoms with Gasteiger partial charge in [0.1, 0.15) is 0 Å². The molecule has 0 aromatic rings. The average molecular weight is 293 g/mol. The van der Waals surface area contributed by atoms with Crippen LogP contribution in [-0.2, 0) is 10.2 Å². The van der Waals surface area contributed by atoms with E-state index >= 15 is 0 Å². The monoisotopic (exact) mass is 293 g/mol. The fraction of sp³-hybridized carbons (Fsp3) is 1.00. The summed E-state index contributed by atoms with van der Waals surface area (Å²) in [7, 11) is -1.90. The van der Waals surface area contributed by atoms with Crippen LogP contribution < -0.4 is 4.72 Å². The van der Waals surface area contributed by atoms with E-state index in [4.69, 9.17) is 5.11 Å².